The molecule has 0 aromatic heterocycles. The lowest BCUT2D eigenvalue weighted by Gasteiger charge is -2.42. The summed E-state index contributed by atoms with van der Waals surface area (Å²) in [6, 6.07) is 0. The molecule has 0 radical (unpaired) electrons. The van der Waals surface area contributed by atoms with Crippen molar-refractivity contribution in [3.63, 3.8) is 0 Å². The van der Waals surface area contributed by atoms with Crippen LogP contribution in [-0.4, -0.2) is 61.9 Å². The Morgan fingerprint density at radius 1 is 0.625 bits per heavy atom. The SMILES string of the molecule is COC1OC(OC(C)=O)C(OC(C)=O)C(OC(C)=O)C1OC(C)=O. The highest BCUT2D eigenvalue weighted by atomic mass is 16.8. The third-order valence-corrected chi connectivity index (χ3v) is 2.87. The molecule has 1 aliphatic rings. The quantitative estimate of drug-likeness (QED) is 0.482. The zero-order chi connectivity index (χ0) is 18.4. The van der Waals surface area contributed by atoms with Crippen LogP contribution in [0, 0.1) is 0 Å². The Hall–Kier alpha value is -2.20. The number of carbonyl (C=O) groups is 4. The first-order valence-corrected chi connectivity index (χ1v) is 7.02. The smallest absolute Gasteiger partial charge is 0.305 e. The molecule has 0 saturated carbocycles. The van der Waals surface area contributed by atoms with Crippen LogP contribution < -0.4 is 0 Å². The zero-order valence-electron chi connectivity index (χ0n) is 14.0. The summed E-state index contributed by atoms with van der Waals surface area (Å²) >= 11 is 0. The molecule has 1 aliphatic heterocycles. The molecular weight excluding hydrogens is 328 g/mol. The molecule has 1 rings (SSSR count). The Morgan fingerprint density at radius 2 is 1.00 bits per heavy atom. The van der Waals surface area contributed by atoms with Crippen LogP contribution in [0.1, 0.15) is 27.7 Å². The van der Waals surface area contributed by atoms with E-state index >= 15 is 0 Å². The van der Waals surface area contributed by atoms with Gasteiger partial charge in [0.25, 0.3) is 0 Å². The minimum atomic E-state index is -1.41. The minimum Gasteiger partial charge on any atom is -0.454 e. The van der Waals surface area contributed by atoms with Crippen LogP contribution in [0.2, 0.25) is 0 Å². The van der Waals surface area contributed by atoms with E-state index in [1.54, 1.807) is 0 Å². The summed E-state index contributed by atoms with van der Waals surface area (Å²) in [7, 11) is 1.25. The maximum Gasteiger partial charge on any atom is 0.305 e. The highest BCUT2D eigenvalue weighted by molar-refractivity contribution is 5.69. The lowest BCUT2D eigenvalue weighted by molar-refractivity contribution is -0.340. The van der Waals surface area contributed by atoms with Crippen LogP contribution >= 0.6 is 0 Å². The van der Waals surface area contributed by atoms with Crippen molar-refractivity contribution >= 4 is 23.9 Å². The molecule has 136 valence electrons. The normalized spacial score (nSPS) is 29.3. The van der Waals surface area contributed by atoms with Gasteiger partial charge in [-0.05, 0) is 0 Å². The van der Waals surface area contributed by atoms with Crippen molar-refractivity contribution in [3.05, 3.63) is 0 Å². The standard InChI is InChI=1S/C14H20O10/c1-6(15)20-10-11(21-7(2)16)13(19-5)24-14(23-9(4)18)12(10)22-8(3)17/h10-14H,1-5H3. The lowest BCUT2D eigenvalue weighted by Crippen LogP contribution is -2.62. The van der Waals surface area contributed by atoms with Crippen molar-refractivity contribution in [1.82, 2.24) is 0 Å². The molecule has 10 heteroatoms. The summed E-state index contributed by atoms with van der Waals surface area (Å²) < 4.78 is 30.6. The van der Waals surface area contributed by atoms with Gasteiger partial charge in [-0.2, -0.15) is 0 Å². The summed E-state index contributed by atoms with van der Waals surface area (Å²) in [6.07, 6.45) is -6.49. The van der Waals surface area contributed by atoms with Crippen molar-refractivity contribution < 1.29 is 47.6 Å². The molecule has 1 fully saturated rings. The van der Waals surface area contributed by atoms with Crippen LogP contribution in [0.3, 0.4) is 0 Å². The minimum absolute atomic E-state index is 0.699. The second-order valence-corrected chi connectivity index (χ2v) is 4.94. The van der Waals surface area contributed by atoms with Gasteiger partial charge >= 0.3 is 23.9 Å². The Morgan fingerprint density at radius 3 is 1.38 bits per heavy atom. The first-order chi connectivity index (χ1) is 11.1. The van der Waals surface area contributed by atoms with E-state index in [-0.39, 0.29) is 0 Å². The van der Waals surface area contributed by atoms with E-state index in [0.717, 1.165) is 27.7 Å². The molecule has 0 aliphatic carbocycles. The number of rotatable bonds is 5. The number of ether oxygens (including phenoxy) is 6. The van der Waals surface area contributed by atoms with Gasteiger partial charge in [0.1, 0.15) is 0 Å². The molecule has 0 aromatic carbocycles. The molecule has 1 heterocycles. The number of hydrogen-bond acceptors (Lipinski definition) is 10. The van der Waals surface area contributed by atoms with E-state index in [4.69, 9.17) is 28.4 Å². The van der Waals surface area contributed by atoms with E-state index in [9.17, 15) is 19.2 Å². The van der Waals surface area contributed by atoms with Crippen molar-refractivity contribution in [1.29, 1.82) is 0 Å². The highest BCUT2D eigenvalue weighted by Gasteiger charge is 2.53. The van der Waals surface area contributed by atoms with Gasteiger partial charge in [-0.3, -0.25) is 19.2 Å². The maximum atomic E-state index is 11.4. The first-order valence-electron chi connectivity index (χ1n) is 7.02. The van der Waals surface area contributed by atoms with Crippen molar-refractivity contribution in [3.8, 4) is 0 Å². The van der Waals surface area contributed by atoms with E-state index in [1.165, 1.54) is 7.11 Å². The van der Waals surface area contributed by atoms with E-state index < -0.39 is 54.8 Å². The van der Waals surface area contributed by atoms with Crippen LogP contribution in [-0.2, 0) is 47.6 Å². The first kappa shape index (κ1) is 19.8. The number of methoxy groups -OCH3 is 1. The number of carbonyl (C=O) groups excluding carboxylic acids is 4. The molecule has 24 heavy (non-hydrogen) atoms. The van der Waals surface area contributed by atoms with Crippen molar-refractivity contribution in [2.75, 3.05) is 7.11 Å². The molecule has 5 unspecified atom stereocenters. The van der Waals surface area contributed by atoms with Gasteiger partial charge in [0.05, 0.1) is 0 Å². The predicted molar refractivity (Wildman–Crippen MR) is 74.1 cm³/mol. The topological polar surface area (TPSA) is 124 Å². The highest BCUT2D eigenvalue weighted by Crippen LogP contribution is 2.29. The van der Waals surface area contributed by atoms with Crippen molar-refractivity contribution in [2.24, 2.45) is 0 Å². The average molecular weight is 348 g/mol. The third kappa shape index (κ3) is 5.46. The van der Waals surface area contributed by atoms with Gasteiger partial charge in [0, 0.05) is 34.8 Å². The molecule has 0 amide bonds. The van der Waals surface area contributed by atoms with Gasteiger partial charge in [-0.1, -0.05) is 0 Å². The monoisotopic (exact) mass is 348 g/mol. The zero-order valence-corrected chi connectivity index (χ0v) is 14.0. The second-order valence-electron chi connectivity index (χ2n) is 4.94. The number of esters is 4. The molecular formula is C14H20O10. The number of hydrogen-bond donors (Lipinski definition) is 0. The molecule has 0 N–H and O–H groups in total. The predicted octanol–water partition coefficient (Wildman–Crippen LogP) is -0.327. The fraction of sp³-hybridized carbons (Fsp3) is 0.714. The molecule has 0 spiro atoms. The Bertz CT molecular complexity index is 502. The lowest BCUT2D eigenvalue weighted by atomic mass is 10.0. The fourth-order valence-corrected chi connectivity index (χ4v) is 2.19. The van der Waals surface area contributed by atoms with Gasteiger partial charge in [0.2, 0.25) is 18.7 Å². The molecule has 1 saturated heterocycles. The fourth-order valence-electron chi connectivity index (χ4n) is 2.19. The summed E-state index contributed by atoms with van der Waals surface area (Å²) in [6.45, 7) is 4.48. The van der Waals surface area contributed by atoms with E-state index in [1.807, 2.05) is 0 Å². The molecule has 0 aromatic rings. The maximum absolute atomic E-state index is 11.4. The summed E-state index contributed by atoms with van der Waals surface area (Å²) in [5.74, 6) is -2.89. The van der Waals surface area contributed by atoms with Crippen LogP contribution in [0.15, 0.2) is 0 Å². The Balaban J connectivity index is 3.23. The van der Waals surface area contributed by atoms with E-state index in [2.05, 4.69) is 0 Å². The van der Waals surface area contributed by atoms with Crippen LogP contribution in [0.4, 0.5) is 0 Å². The largest absolute Gasteiger partial charge is 0.454 e. The van der Waals surface area contributed by atoms with Gasteiger partial charge in [-0.15, -0.1) is 0 Å². The average Bonchev–Trinajstić information content (AvgIpc) is 2.42. The molecule has 5 atom stereocenters. The summed E-state index contributed by atoms with van der Waals surface area (Å²) in [5.41, 5.74) is 0. The van der Waals surface area contributed by atoms with Gasteiger partial charge < -0.3 is 28.4 Å². The van der Waals surface area contributed by atoms with Crippen LogP contribution in [0.5, 0.6) is 0 Å². The Kier molecular flexibility index (Phi) is 7.11. The summed E-state index contributed by atoms with van der Waals surface area (Å²) in [4.78, 5) is 45.3. The van der Waals surface area contributed by atoms with E-state index in [0.29, 0.717) is 0 Å². The van der Waals surface area contributed by atoms with Crippen LogP contribution in [0.25, 0.3) is 0 Å². The van der Waals surface area contributed by atoms with Gasteiger partial charge in [-0.25, -0.2) is 0 Å². The Labute approximate surface area is 138 Å². The molecule has 10 nitrogen and oxygen atoms in total. The third-order valence-electron chi connectivity index (χ3n) is 2.87. The molecule has 0 bridgehead atoms. The van der Waals surface area contributed by atoms with Crippen molar-refractivity contribution in [2.45, 2.75) is 58.6 Å². The second kappa shape index (κ2) is 8.60. The van der Waals surface area contributed by atoms with Gasteiger partial charge in [0.15, 0.2) is 12.2 Å². The summed E-state index contributed by atoms with van der Waals surface area (Å²) in [5, 5.41) is 0.